The number of benzene rings is 1. The van der Waals surface area contributed by atoms with Crippen LogP contribution < -0.4 is 5.56 Å². The Morgan fingerprint density at radius 3 is 2.67 bits per heavy atom. The third-order valence-corrected chi connectivity index (χ3v) is 4.74. The van der Waals surface area contributed by atoms with Crippen LogP contribution in [-0.2, 0) is 6.54 Å². The van der Waals surface area contributed by atoms with Crippen molar-refractivity contribution in [2.45, 2.75) is 25.3 Å². The fourth-order valence-electron chi connectivity index (χ4n) is 2.03. The summed E-state index contributed by atoms with van der Waals surface area (Å²) in [4.78, 5) is 12.1. The maximum atomic E-state index is 12.1. The Labute approximate surface area is 121 Å². The number of hydrogen-bond donors (Lipinski definition) is 1. The van der Waals surface area contributed by atoms with Crippen molar-refractivity contribution in [3.63, 3.8) is 0 Å². The van der Waals surface area contributed by atoms with Crippen LogP contribution in [0, 0.1) is 0 Å². The minimum Gasteiger partial charge on any atom is -0.298 e. The summed E-state index contributed by atoms with van der Waals surface area (Å²) < 4.78 is 3.38. The third-order valence-electron chi connectivity index (χ3n) is 3.20. The first-order chi connectivity index (χ1) is 8.66. The Hall–Kier alpha value is -0.810. The Morgan fingerprint density at radius 1 is 1.28 bits per heavy atom. The lowest BCUT2D eigenvalue weighted by Crippen LogP contribution is -2.17. The Kier molecular flexibility index (Phi) is 3.20. The summed E-state index contributed by atoms with van der Waals surface area (Å²) >= 11 is 6.90. The molecule has 3 rings (SSSR count). The van der Waals surface area contributed by atoms with Crippen LogP contribution >= 0.6 is 31.9 Å². The molecule has 0 unspecified atom stereocenters. The van der Waals surface area contributed by atoms with E-state index in [1.165, 1.54) is 12.8 Å². The molecule has 1 heterocycles. The van der Waals surface area contributed by atoms with Gasteiger partial charge >= 0.3 is 0 Å². The van der Waals surface area contributed by atoms with E-state index in [1.54, 1.807) is 4.68 Å². The van der Waals surface area contributed by atoms with Crippen molar-refractivity contribution < 1.29 is 0 Å². The summed E-state index contributed by atoms with van der Waals surface area (Å²) in [5, 5.41) is 3.22. The second kappa shape index (κ2) is 4.70. The van der Waals surface area contributed by atoms with Gasteiger partial charge in [-0.3, -0.25) is 9.89 Å². The Morgan fingerprint density at radius 2 is 2.00 bits per heavy atom. The van der Waals surface area contributed by atoms with Gasteiger partial charge in [0.1, 0.15) is 4.47 Å². The number of rotatable bonds is 3. The lowest BCUT2D eigenvalue weighted by Gasteiger charge is -2.04. The van der Waals surface area contributed by atoms with Gasteiger partial charge in [0.05, 0.1) is 12.2 Å². The SMILES string of the molecule is O=c1c(Br)c(C2CC2)[nH]n1Cc1ccccc1Br. The first-order valence-electron chi connectivity index (χ1n) is 5.88. The molecule has 1 aromatic carbocycles. The summed E-state index contributed by atoms with van der Waals surface area (Å²) in [5.41, 5.74) is 2.16. The largest absolute Gasteiger partial charge is 0.298 e. The lowest BCUT2D eigenvalue weighted by atomic mass is 10.2. The summed E-state index contributed by atoms with van der Waals surface area (Å²) in [6, 6.07) is 7.95. The van der Waals surface area contributed by atoms with Crippen LogP contribution in [0.15, 0.2) is 38.0 Å². The monoisotopic (exact) mass is 370 g/mol. The van der Waals surface area contributed by atoms with E-state index in [-0.39, 0.29) is 5.56 Å². The van der Waals surface area contributed by atoms with Crippen molar-refractivity contribution in [2.24, 2.45) is 0 Å². The van der Waals surface area contributed by atoms with Gasteiger partial charge in [-0.2, -0.15) is 0 Å². The van der Waals surface area contributed by atoms with E-state index in [4.69, 9.17) is 0 Å². The van der Waals surface area contributed by atoms with Crippen molar-refractivity contribution in [1.29, 1.82) is 0 Å². The molecule has 1 aliphatic rings. The number of H-pyrrole nitrogens is 1. The van der Waals surface area contributed by atoms with Gasteiger partial charge in [0.2, 0.25) is 0 Å². The Bertz CT molecular complexity index is 641. The maximum absolute atomic E-state index is 12.1. The molecule has 0 bridgehead atoms. The highest BCUT2D eigenvalue weighted by Crippen LogP contribution is 2.41. The van der Waals surface area contributed by atoms with E-state index in [0.29, 0.717) is 16.9 Å². The zero-order chi connectivity index (χ0) is 12.7. The topological polar surface area (TPSA) is 37.8 Å². The molecule has 5 heteroatoms. The van der Waals surface area contributed by atoms with Gasteiger partial charge < -0.3 is 0 Å². The molecular weight excluding hydrogens is 360 g/mol. The summed E-state index contributed by atoms with van der Waals surface area (Å²) in [6.45, 7) is 0.561. The first kappa shape index (κ1) is 12.2. The van der Waals surface area contributed by atoms with E-state index in [9.17, 15) is 4.79 Å². The molecule has 0 saturated heterocycles. The number of halogens is 2. The highest BCUT2D eigenvalue weighted by atomic mass is 79.9. The van der Waals surface area contributed by atoms with Crippen molar-refractivity contribution in [3.05, 3.63) is 54.8 Å². The van der Waals surface area contributed by atoms with E-state index >= 15 is 0 Å². The average molecular weight is 372 g/mol. The molecule has 94 valence electrons. The first-order valence-corrected chi connectivity index (χ1v) is 7.47. The van der Waals surface area contributed by atoms with Gasteiger partial charge in [0.15, 0.2) is 0 Å². The van der Waals surface area contributed by atoms with Crippen LogP contribution in [0.1, 0.15) is 30.0 Å². The maximum Gasteiger partial charge on any atom is 0.281 e. The van der Waals surface area contributed by atoms with Crippen LogP contribution in [0.4, 0.5) is 0 Å². The smallest absolute Gasteiger partial charge is 0.281 e. The molecule has 1 fully saturated rings. The molecule has 0 radical (unpaired) electrons. The van der Waals surface area contributed by atoms with E-state index < -0.39 is 0 Å². The van der Waals surface area contributed by atoms with E-state index in [0.717, 1.165) is 15.7 Å². The van der Waals surface area contributed by atoms with Crippen LogP contribution in [0.5, 0.6) is 0 Å². The summed E-state index contributed by atoms with van der Waals surface area (Å²) in [6.07, 6.45) is 2.35. The van der Waals surface area contributed by atoms with Gasteiger partial charge in [-0.05, 0) is 40.4 Å². The molecular formula is C13H12Br2N2O. The molecule has 0 spiro atoms. The normalized spacial score (nSPS) is 15.0. The van der Waals surface area contributed by atoms with Crippen molar-refractivity contribution >= 4 is 31.9 Å². The number of nitrogens with one attached hydrogen (secondary N) is 1. The second-order valence-electron chi connectivity index (χ2n) is 4.60. The second-order valence-corrected chi connectivity index (χ2v) is 6.24. The Balaban J connectivity index is 1.96. The van der Waals surface area contributed by atoms with Gasteiger partial charge in [-0.15, -0.1) is 0 Å². The lowest BCUT2D eigenvalue weighted by molar-refractivity contribution is 0.650. The molecule has 2 aromatic rings. The van der Waals surface area contributed by atoms with Crippen LogP contribution in [0.25, 0.3) is 0 Å². The van der Waals surface area contributed by atoms with Gasteiger partial charge in [0, 0.05) is 10.4 Å². The predicted molar refractivity (Wildman–Crippen MR) is 78.0 cm³/mol. The van der Waals surface area contributed by atoms with Crippen LogP contribution in [-0.4, -0.2) is 9.78 Å². The number of aromatic nitrogens is 2. The van der Waals surface area contributed by atoms with Gasteiger partial charge in [0.25, 0.3) is 5.56 Å². The fraction of sp³-hybridized carbons (Fsp3) is 0.308. The number of nitrogens with zero attached hydrogens (tertiary/aromatic N) is 1. The minimum absolute atomic E-state index is 0.0210. The molecule has 0 amide bonds. The van der Waals surface area contributed by atoms with Crippen LogP contribution in [0.3, 0.4) is 0 Å². The molecule has 1 saturated carbocycles. The fourth-order valence-corrected chi connectivity index (χ4v) is 3.07. The van der Waals surface area contributed by atoms with E-state index in [1.807, 2.05) is 24.3 Å². The molecule has 0 atom stereocenters. The van der Waals surface area contributed by atoms with Crippen molar-refractivity contribution in [3.8, 4) is 0 Å². The summed E-state index contributed by atoms with van der Waals surface area (Å²) in [5.74, 6) is 0.535. The molecule has 3 nitrogen and oxygen atoms in total. The van der Waals surface area contributed by atoms with Gasteiger partial charge in [-0.25, -0.2) is 4.68 Å². The van der Waals surface area contributed by atoms with Crippen molar-refractivity contribution in [2.75, 3.05) is 0 Å². The standard InChI is InChI=1S/C13H12Br2N2O/c14-10-4-2-1-3-9(10)7-17-13(18)11(15)12(16-17)8-5-6-8/h1-4,8,16H,5-7H2. The highest BCUT2D eigenvalue weighted by Gasteiger charge is 2.29. The zero-order valence-corrected chi connectivity index (χ0v) is 12.8. The molecule has 1 aliphatic carbocycles. The zero-order valence-electron chi connectivity index (χ0n) is 9.62. The predicted octanol–water partition coefficient (Wildman–Crippen LogP) is 3.63. The van der Waals surface area contributed by atoms with Gasteiger partial charge in [-0.1, -0.05) is 34.1 Å². The molecule has 18 heavy (non-hydrogen) atoms. The molecule has 0 aliphatic heterocycles. The molecule has 1 aromatic heterocycles. The minimum atomic E-state index is 0.0210. The number of aromatic amines is 1. The number of hydrogen-bond acceptors (Lipinski definition) is 1. The van der Waals surface area contributed by atoms with E-state index in [2.05, 4.69) is 37.0 Å². The summed E-state index contributed by atoms with van der Waals surface area (Å²) in [7, 11) is 0. The quantitative estimate of drug-likeness (QED) is 0.878. The van der Waals surface area contributed by atoms with Crippen LogP contribution in [0.2, 0.25) is 0 Å². The highest BCUT2D eigenvalue weighted by molar-refractivity contribution is 9.10. The average Bonchev–Trinajstić information content (AvgIpc) is 3.15. The third kappa shape index (κ3) is 2.21. The molecule has 1 N–H and O–H groups in total. The van der Waals surface area contributed by atoms with Crippen molar-refractivity contribution in [1.82, 2.24) is 9.78 Å².